The van der Waals surface area contributed by atoms with Crippen molar-refractivity contribution >= 4 is 6.09 Å². The van der Waals surface area contributed by atoms with E-state index in [0.717, 1.165) is 17.5 Å². The summed E-state index contributed by atoms with van der Waals surface area (Å²) in [6.45, 7) is 1.05. The van der Waals surface area contributed by atoms with Crippen molar-refractivity contribution in [2.24, 2.45) is 0 Å². The van der Waals surface area contributed by atoms with Crippen LogP contribution in [-0.2, 0) is 12.8 Å². The predicted molar refractivity (Wildman–Crippen MR) is 58.2 cm³/mol. The molecule has 0 saturated heterocycles. The molecule has 0 atom stereocenters. The Labute approximate surface area is 93.7 Å². The number of nitrogens with zero attached hydrogens (tertiary/aromatic N) is 2. The second kappa shape index (κ2) is 4.23. The van der Waals surface area contributed by atoms with E-state index in [1.54, 1.807) is 6.07 Å². The number of carboxylic acid groups (broad SMARTS) is 1. The summed E-state index contributed by atoms with van der Waals surface area (Å²) in [6, 6.07) is 7.68. The van der Waals surface area contributed by atoms with Gasteiger partial charge in [0.2, 0.25) is 0 Å². The third-order valence-corrected chi connectivity index (χ3v) is 2.91. The van der Waals surface area contributed by atoms with E-state index < -0.39 is 6.09 Å². The van der Waals surface area contributed by atoms with Gasteiger partial charge in [0.25, 0.3) is 0 Å². The van der Waals surface area contributed by atoms with E-state index in [4.69, 9.17) is 10.4 Å². The van der Waals surface area contributed by atoms with Crippen LogP contribution in [-0.4, -0.2) is 29.2 Å². The molecule has 2 rings (SSSR count). The average Bonchev–Trinajstić information content (AvgIpc) is 2.50. The highest BCUT2D eigenvalue weighted by atomic mass is 16.4. The molecule has 1 amide bonds. The molecule has 4 nitrogen and oxygen atoms in total. The van der Waals surface area contributed by atoms with E-state index in [2.05, 4.69) is 6.07 Å². The van der Waals surface area contributed by atoms with E-state index in [9.17, 15) is 4.79 Å². The molecule has 1 aliphatic rings. The van der Waals surface area contributed by atoms with Crippen LogP contribution in [0.25, 0.3) is 0 Å². The zero-order valence-corrected chi connectivity index (χ0v) is 8.81. The summed E-state index contributed by atoms with van der Waals surface area (Å²) in [6.07, 6.45) is 0.554. The third kappa shape index (κ3) is 1.98. The van der Waals surface area contributed by atoms with E-state index in [1.165, 1.54) is 4.90 Å². The van der Waals surface area contributed by atoms with Gasteiger partial charge in [0.1, 0.15) is 0 Å². The Hall–Kier alpha value is -2.02. The zero-order chi connectivity index (χ0) is 11.5. The first kappa shape index (κ1) is 10.5. The van der Waals surface area contributed by atoms with E-state index in [0.29, 0.717) is 25.1 Å². The van der Waals surface area contributed by atoms with Gasteiger partial charge in [-0.05, 0) is 36.1 Å². The molecule has 4 heteroatoms. The molecule has 1 heterocycles. The molecule has 0 fully saturated rings. The highest BCUT2D eigenvalue weighted by Crippen LogP contribution is 2.17. The SMILES string of the molecule is N#Cc1ccc2c(c1)CCN(C(=O)O)CC2. The molecule has 0 aliphatic carbocycles. The molecule has 1 aliphatic heterocycles. The predicted octanol–water partition coefficient (Wildman–Crippen LogP) is 1.64. The second-order valence-corrected chi connectivity index (χ2v) is 3.86. The van der Waals surface area contributed by atoms with Crippen molar-refractivity contribution in [1.82, 2.24) is 4.90 Å². The molecule has 16 heavy (non-hydrogen) atoms. The van der Waals surface area contributed by atoms with Crippen LogP contribution in [0.1, 0.15) is 16.7 Å². The summed E-state index contributed by atoms with van der Waals surface area (Å²) < 4.78 is 0. The van der Waals surface area contributed by atoms with Crippen LogP contribution in [0.2, 0.25) is 0 Å². The minimum atomic E-state index is -0.867. The van der Waals surface area contributed by atoms with Crippen LogP contribution in [0.4, 0.5) is 4.79 Å². The number of hydrogen-bond acceptors (Lipinski definition) is 2. The fraction of sp³-hybridized carbons (Fsp3) is 0.333. The first-order chi connectivity index (χ1) is 7.70. The van der Waals surface area contributed by atoms with Crippen LogP contribution >= 0.6 is 0 Å². The molecule has 1 aromatic rings. The fourth-order valence-corrected chi connectivity index (χ4v) is 1.99. The van der Waals surface area contributed by atoms with Crippen LogP contribution in [0, 0.1) is 11.3 Å². The molecule has 0 bridgehead atoms. The first-order valence-electron chi connectivity index (χ1n) is 5.20. The number of nitriles is 1. The standard InChI is InChI=1S/C12H12N2O2/c13-8-9-1-2-10-3-5-14(12(15)16)6-4-11(10)7-9/h1-2,7H,3-6H2,(H,15,16). The largest absolute Gasteiger partial charge is 0.465 e. The molecular formula is C12H12N2O2. The number of carbonyl (C=O) groups is 1. The van der Waals surface area contributed by atoms with Crippen LogP contribution in [0.15, 0.2) is 18.2 Å². The summed E-state index contributed by atoms with van der Waals surface area (Å²) in [5, 5.41) is 17.7. The Balaban J connectivity index is 2.24. The van der Waals surface area contributed by atoms with Crippen molar-refractivity contribution in [3.8, 4) is 6.07 Å². The lowest BCUT2D eigenvalue weighted by Gasteiger charge is -2.14. The van der Waals surface area contributed by atoms with Crippen molar-refractivity contribution in [2.45, 2.75) is 12.8 Å². The normalized spacial score (nSPS) is 14.8. The number of amides is 1. The van der Waals surface area contributed by atoms with Crippen LogP contribution < -0.4 is 0 Å². The van der Waals surface area contributed by atoms with Gasteiger partial charge in [-0.3, -0.25) is 0 Å². The van der Waals surface area contributed by atoms with Crippen molar-refractivity contribution in [2.75, 3.05) is 13.1 Å². The third-order valence-electron chi connectivity index (χ3n) is 2.91. The molecular weight excluding hydrogens is 204 g/mol. The number of hydrogen-bond donors (Lipinski definition) is 1. The molecule has 0 aromatic heterocycles. The summed E-state index contributed by atoms with van der Waals surface area (Å²) in [7, 11) is 0. The van der Waals surface area contributed by atoms with Crippen LogP contribution in [0.3, 0.4) is 0 Å². The second-order valence-electron chi connectivity index (χ2n) is 3.86. The highest BCUT2D eigenvalue weighted by Gasteiger charge is 2.17. The number of benzene rings is 1. The van der Waals surface area contributed by atoms with E-state index in [1.807, 2.05) is 12.1 Å². The summed E-state index contributed by atoms with van der Waals surface area (Å²) in [5.74, 6) is 0. The maximum Gasteiger partial charge on any atom is 0.407 e. The first-order valence-corrected chi connectivity index (χ1v) is 5.20. The van der Waals surface area contributed by atoms with Crippen molar-refractivity contribution < 1.29 is 9.90 Å². The summed E-state index contributed by atoms with van der Waals surface area (Å²) in [4.78, 5) is 12.3. The van der Waals surface area contributed by atoms with Gasteiger partial charge >= 0.3 is 6.09 Å². The van der Waals surface area contributed by atoms with Crippen molar-refractivity contribution in [1.29, 1.82) is 5.26 Å². The van der Waals surface area contributed by atoms with Crippen molar-refractivity contribution in [3.63, 3.8) is 0 Å². The lowest BCUT2D eigenvalue weighted by molar-refractivity contribution is 0.147. The van der Waals surface area contributed by atoms with Gasteiger partial charge < -0.3 is 10.0 Å². The average molecular weight is 216 g/mol. The van der Waals surface area contributed by atoms with Gasteiger partial charge in [-0.2, -0.15) is 5.26 Å². The van der Waals surface area contributed by atoms with E-state index >= 15 is 0 Å². The molecule has 0 unspecified atom stereocenters. The highest BCUT2D eigenvalue weighted by molar-refractivity contribution is 5.65. The molecule has 1 N–H and O–H groups in total. The summed E-state index contributed by atoms with van der Waals surface area (Å²) >= 11 is 0. The van der Waals surface area contributed by atoms with Gasteiger partial charge in [-0.1, -0.05) is 6.07 Å². The Kier molecular flexibility index (Phi) is 2.78. The van der Waals surface area contributed by atoms with Crippen LogP contribution in [0.5, 0.6) is 0 Å². The zero-order valence-electron chi connectivity index (χ0n) is 8.81. The lowest BCUT2D eigenvalue weighted by atomic mass is 10.0. The Bertz CT molecular complexity index is 463. The Morgan fingerprint density at radius 1 is 1.31 bits per heavy atom. The monoisotopic (exact) mass is 216 g/mol. The summed E-state index contributed by atoms with van der Waals surface area (Å²) in [5.41, 5.74) is 2.90. The number of rotatable bonds is 0. The molecule has 0 spiro atoms. The fourth-order valence-electron chi connectivity index (χ4n) is 1.99. The van der Waals surface area contributed by atoms with E-state index in [-0.39, 0.29) is 0 Å². The number of fused-ring (bicyclic) bond motifs is 1. The van der Waals surface area contributed by atoms with Gasteiger partial charge in [-0.25, -0.2) is 4.79 Å². The smallest absolute Gasteiger partial charge is 0.407 e. The minimum absolute atomic E-state index is 0.511. The quantitative estimate of drug-likeness (QED) is 0.717. The molecule has 0 saturated carbocycles. The Morgan fingerprint density at radius 3 is 2.62 bits per heavy atom. The topological polar surface area (TPSA) is 64.3 Å². The maximum absolute atomic E-state index is 10.9. The van der Waals surface area contributed by atoms with Gasteiger partial charge in [0.05, 0.1) is 11.6 Å². The maximum atomic E-state index is 10.9. The Morgan fingerprint density at radius 2 is 2.00 bits per heavy atom. The van der Waals surface area contributed by atoms with Crippen molar-refractivity contribution in [3.05, 3.63) is 34.9 Å². The van der Waals surface area contributed by atoms with Gasteiger partial charge in [0, 0.05) is 13.1 Å². The minimum Gasteiger partial charge on any atom is -0.465 e. The van der Waals surface area contributed by atoms with Gasteiger partial charge in [-0.15, -0.1) is 0 Å². The lowest BCUT2D eigenvalue weighted by Crippen LogP contribution is -2.31. The molecule has 1 aromatic carbocycles. The van der Waals surface area contributed by atoms with Gasteiger partial charge in [0.15, 0.2) is 0 Å². The molecule has 82 valence electrons. The molecule has 0 radical (unpaired) electrons.